The Bertz CT molecular complexity index is 316. The van der Waals surface area contributed by atoms with Crippen molar-refractivity contribution in [3.8, 4) is 0 Å². The number of rotatable bonds is 5. The van der Waals surface area contributed by atoms with Crippen LogP contribution in [-0.4, -0.2) is 42.8 Å². The molecule has 2 N–H and O–H groups in total. The van der Waals surface area contributed by atoms with Crippen molar-refractivity contribution in [2.45, 2.75) is 59.1 Å². The first-order valence-corrected chi connectivity index (χ1v) is 7.93. The van der Waals surface area contributed by atoms with Crippen molar-refractivity contribution in [1.82, 2.24) is 4.90 Å². The summed E-state index contributed by atoms with van der Waals surface area (Å²) in [5.74, 6) is 1.65. The van der Waals surface area contributed by atoms with Gasteiger partial charge in [0.1, 0.15) is 0 Å². The average Bonchev–Trinajstić information content (AvgIpc) is 2.77. The Kier molecular flexibility index (Phi) is 4.29. The van der Waals surface area contributed by atoms with Gasteiger partial charge in [0.25, 0.3) is 0 Å². The fraction of sp³-hybridized carbons (Fsp3) is 1.00. The molecule has 3 heteroatoms. The van der Waals surface area contributed by atoms with Crippen molar-refractivity contribution in [2.24, 2.45) is 23.0 Å². The maximum absolute atomic E-state index is 6.68. The molecular formula is C16H32N2O. The van der Waals surface area contributed by atoms with E-state index in [0.29, 0.717) is 6.10 Å². The largest absolute Gasteiger partial charge is 0.378 e. The predicted molar refractivity (Wildman–Crippen MR) is 80.1 cm³/mol. The molecule has 112 valence electrons. The first kappa shape index (κ1) is 15.3. The molecule has 1 saturated carbocycles. The fourth-order valence-corrected chi connectivity index (χ4v) is 3.72. The average molecular weight is 268 g/mol. The lowest BCUT2D eigenvalue weighted by Gasteiger charge is -2.60. The molecule has 0 bridgehead atoms. The molecule has 2 rings (SSSR count). The van der Waals surface area contributed by atoms with Crippen LogP contribution in [0.2, 0.25) is 0 Å². The summed E-state index contributed by atoms with van der Waals surface area (Å²) in [6.45, 7) is 15.6. The number of likely N-dealkylation sites (tertiary alicyclic amines) is 1. The molecule has 1 heterocycles. The second-order valence-corrected chi connectivity index (χ2v) is 7.55. The molecular weight excluding hydrogens is 236 g/mol. The van der Waals surface area contributed by atoms with E-state index in [9.17, 15) is 0 Å². The van der Waals surface area contributed by atoms with Crippen LogP contribution in [0, 0.1) is 17.3 Å². The van der Waals surface area contributed by atoms with Gasteiger partial charge in [-0.05, 0) is 38.1 Å². The second kappa shape index (κ2) is 5.34. The molecule has 1 saturated heterocycles. The Labute approximate surface area is 118 Å². The highest BCUT2D eigenvalue weighted by Gasteiger charge is 2.59. The van der Waals surface area contributed by atoms with E-state index in [0.717, 1.165) is 31.4 Å². The van der Waals surface area contributed by atoms with Gasteiger partial charge in [0.15, 0.2) is 0 Å². The number of hydrogen-bond donors (Lipinski definition) is 1. The molecule has 0 spiro atoms. The molecule has 19 heavy (non-hydrogen) atoms. The minimum absolute atomic E-state index is 0.0707. The van der Waals surface area contributed by atoms with Gasteiger partial charge < -0.3 is 15.4 Å². The molecule has 0 aromatic heterocycles. The number of nitrogens with two attached hydrogens (primary N) is 1. The Morgan fingerprint density at radius 1 is 1.37 bits per heavy atom. The standard InChI is InChI=1S/C16H32N2O/c1-6-19-14-9-16(17,15(14,4)5)11-18-8-7-13(10-18)12(2)3/h12-14H,6-11,17H2,1-5H3. The molecule has 3 unspecified atom stereocenters. The second-order valence-electron chi connectivity index (χ2n) is 7.55. The number of hydrogen-bond acceptors (Lipinski definition) is 3. The molecule has 0 aromatic rings. The number of nitrogens with zero attached hydrogens (tertiary/aromatic N) is 1. The van der Waals surface area contributed by atoms with E-state index in [1.807, 2.05) is 0 Å². The van der Waals surface area contributed by atoms with Gasteiger partial charge in [-0.15, -0.1) is 0 Å². The molecule has 0 amide bonds. The Balaban J connectivity index is 1.90. The van der Waals surface area contributed by atoms with E-state index in [4.69, 9.17) is 10.5 Å². The summed E-state index contributed by atoms with van der Waals surface area (Å²) in [6.07, 6.45) is 2.69. The summed E-state index contributed by atoms with van der Waals surface area (Å²) in [4.78, 5) is 2.58. The normalized spacial score (nSPS) is 38.7. The third-order valence-corrected chi connectivity index (χ3v) is 5.76. The third kappa shape index (κ3) is 2.70. The molecule has 2 aliphatic rings. The molecule has 1 aliphatic heterocycles. The van der Waals surface area contributed by atoms with E-state index in [1.165, 1.54) is 19.5 Å². The smallest absolute Gasteiger partial charge is 0.0662 e. The van der Waals surface area contributed by atoms with E-state index >= 15 is 0 Å². The SMILES string of the molecule is CCOC1CC(N)(CN2CCC(C(C)C)C2)C1(C)C. The zero-order chi connectivity index (χ0) is 14.3. The van der Waals surface area contributed by atoms with Gasteiger partial charge in [-0.1, -0.05) is 27.7 Å². The van der Waals surface area contributed by atoms with Crippen molar-refractivity contribution >= 4 is 0 Å². The van der Waals surface area contributed by atoms with Gasteiger partial charge in [0.05, 0.1) is 6.10 Å². The van der Waals surface area contributed by atoms with Gasteiger partial charge in [-0.25, -0.2) is 0 Å². The summed E-state index contributed by atoms with van der Waals surface area (Å²) in [5, 5.41) is 0. The van der Waals surface area contributed by atoms with Crippen LogP contribution in [0.3, 0.4) is 0 Å². The first-order valence-electron chi connectivity index (χ1n) is 7.93. The van der Waals surface area contributed by atoms with E-state index < -0.39 is 0 Å². The molecule has 2 fully saturated rings. The monoisotopic (exact) mass is 268 g/mol. The minimum atomic E-state index is -0.0707. The summed E-state index contributed by atoms with van der Waals surface area (Å²) in [5.41, 5.74) is 6.71. The topological polar surface area (TPSA) is 38.5 Å². The fourth-order valence-electron chi connectivity index (χ4n) is 3.72. The highest BCUT2D eigenvalue weighted by Crippen LogP contribution is 2.50. The van der Waals surface area contributed by atoms with Gasteiger partial charge in [0.2, 0.25) is 0 Å². The summed E-state index contributed by atoms with van der Waals surface area (Å²) < 4.78 is 5.81. The highest BCUT2D eigenvalue weighted by molar-refractivity contribution is 5.15. The maximum Gasteiger partial charge on any atom is 0.0662 e. The van der Waals surface area contributed by atoms with Crippen LogP contribution >= 0.6 is 0 Å². The van der Waals surface area contributed by atoms with E-state index in [-0.39, 0.29) is 11.0 Å². The van der Waals surface area contributed by atoms with Crippen molar-refractivity contribution in [1.29, 1.82) is 0 Å². The lowest BCUT2D eigenvalue weighted by molar-refractivity contribution is -0.155. The molecule has 0 aromatic carbocycles. The lowest BCUT2D eigenvalue weighted by Crippen LogP contribution is -2.73. The van der Waals surface area contributed by atoms with Gasteiger partial charge in [-0.2, -0.15) is 0 Å². The Morgan fingerprint density at radius 2 is 2.05 bits per heavy atom. The number of ether oxygens (including phenoxy) is 1. The lowest BCUT2D eigenvalue weighted by atomic mass is 9.54. The van der Waals surface area contributed by atoms with E-state index in [2.05, 4.69) is 39.5 Å². The molecule has 0 radical (unpaired) electrons. The van der Waals surface area contributed by atoms with Crippen LogP contribution in [0.4, 0.5) is 0 Å². The van der Waals surface area contributed by atoms with Crippen LogP contribution in [-0.2, 0) is 4.74 Å². The Hall–Kier alpha value is -0.120. The molecule has 3 atom stereocenters. The quantitative estimate of drug-likeness (QED) is 0.832. The third-order valence-electron chi connectivity index (χ3n) is 5.76. The van der Waals surface area contributed by atoms with Crippen LogP contribution in [0.15, 0.2) is 0 Å². The molecule has 3 nitrogen and oxygen atoms in total. The zero-order valence-corrected chi connectivity index (χ0v) is 13.4. The van der Waals surface area contributed by atoms with Crippen molar-refractivity contribution in [3.63, 3.8) is 0 Å². The predicted octanol–water partition coefficient (Wildman–Crippen LogP) is 2.50. The van der Waals surface area contributed by atoms with Crippen LogP contribution < -0.4 is 5.73 Å². The zero-order valence-electron chi connectivity index (χ0n) is 13.4. The summed E-state index contributed by atoms with van der Waals surface area (Å²) in [7, 11) is 0. The maximum atomic E-state index is 6.68. The highest BCUT2D eigenvalue weighted by atomic mass is 16.5. The summed E-state index contributed by atoms with van der Waals surface area (Å²) >= 11 is 0. The first-order chi connectivity index (χ1) is 8.80. The molecule has 1 aliphatic carbocycles. The van der Waals surface area contributed by atoms with E-state index in [1.54, 1.807) is 0 Å². The minimum Gasteiger partial charge on any atom is -0.378 e. The van der Waals surface area contributed by atoms with Gasteiger partial charge >= 0.3 is 0 Å². The van der Waals surface area contributed by atoms with Crippen molar-refractivity contribution in [3.05, 3.63) is 0 Å². The summed E-state index contributed by atoms with van der Waals surface area (Å²) in [6, 6.07) is 0. The Morgan fingerprint density at radius 3 is 2.53 bits per heavy atom. The van der Waals surface area contributed by atoms with Gasteiger partial charge in [-0.3, -0.25) is 0 Å². The van der Waals surface area contributed by atoms with Crippen LogP contribution in [0.1, 0.15) is 47.5 Å². The van der Waals surface area contributed by atoms with Gasteiger partial charge in [0, 0.05) is 30.7 Å². The van der Waals surface area contributed by atoms with Crippen molar-refractivity contribution in [2.75, 3.05) is 26.2 Å². The van der Waals surface area contributed by atoms with Crippen LogP contribution in [0.5, 0.6) is 0 Å². The van der Waals surface area contributed by atoms with Crippen LogP contribution in [0.25, 0.3) is 0 Å². The van der Waals surface area contributed by atoms with Crippen molar-refractivity contribution < 1.29 is 4.74 Å².